The van der Waals surface area contributed by atoms with Gasteiger partial charge in [0.05, 0.1) is 25.0 Å². The summed E-state index contributed by atoms with van der Waals surface area (Å²) in [6.45, 7) is 2.56. The van der Waals surface area contributed by atoms with Crippen molar-refractivity contribution in [2.75, 3.05) is 23.4 Å². The van der Waals surface area contributed by atoms with E-state index in [2.05, 4.69) is 20.1 Å². The van der Waals surface area contributed by atoms with Crippen LogP contribution in [0.25, 0.3) is 0 Å². The topological polar surface area (TPSA) is 115 Å². The number of nitrogens with one attached hydrogen (secondary N) is 2. The number of aromatic nitrogens is 3. The van der Waals surface area contributed by atoms with Crippen molar-refractivity contribution in [2.45, 2.75) is 25.8 Å². The molecule has 0 spiro atoms. The van der Waals surface area contributed by atoms with Crippen molar-refractivity contribution in [3.63, 3.8) is 0 Å². The number of methoxy groups -OCH3 is 1. The molecule has 134 valence electrons. The molecule has 25 heavy (non-hydrogen) atoms. The summed E-state index contributed by atoms with van der Waals surface area (Å²) >= 11 is 0. The van der Waals surface area contributed by atoms with Gasteiger partial charge in [-0.3, -0.25) is 9.52 Å². The number of aryl methyl sites for hydroxylation is 1. The first kappa shape index (κ1) is 17.2. The summed E-state index contributed by atoms with van der Waals surface area (Å²) < 4.78 is 32.7. The quantitative estimate of drug-likeness (QED) is 0.821. The molecule has 0 saturated heterocycles. The maximum atomic E-state index is 12.1. The number of benzene rings is 1. The smallest absolute Gasteiger partial charge is 0.229 e. The number of anilines is 2. The highest BCUT2D eigenvalue weighted by Crippen LogP contribution is 2.41. The average Bonchev–Trinajstić information content (AvgIpc) is 3.00. The second-order valence-electron chi connectivity index (χ2n) is 5.75. The van der Waals surface area contributed by atoms with Gasteiger partial charge in [-0.25, -0.2) is 18.1 Å². The van der Waals surface area contributed by atoms with Crippen molar-refractivity contribution in [2.24, 2.45) is 0 Å². The van der Waals surface area contributed by atoms with Gasteiger partial charge >= 0.3 is 0 Å². The van der Waals surface area contributed by atoms with Gasteiger partial charge in [0.15, 0.2) is 0 Å². The number of sulfonamides is 1. The molecule has 1 aromatic heterocycles. The third kappa shape index (κ3) is 3.43. The van der Waals surface area contributed by atoms with Crippen LogP contribution < -0.4 is 14.8 Å². The van der Waals surface area contributed by atoms with Crippen LogP contribution in [0.3, 0.4) is 0 Å². The van der Waals surface area contributed by atoms with Gasteiger partial charge in [-0.2, -0.15) is 5.10 Å². The first-order valence-electron chi connectivity index (χ1n) is 7.69. The lowest BCUT2D eigenvalue weighted by molar-refractivity contribution is -0.116. The maximum absolute atomic E-state index is 12.1. The average molecular weight is 365 g/mol. The summed E-state index contributed by atoms with van der Waals surface area (Å²) in [7, 11) is -2.05. The third-order valence-electron chi connectivity index (χ3n) is 3.96. The van der Waals surface area contributed by atoms with E-state index in [0.717, 1.165) is 11.8 Å². The van der Waals surface area contributed by atoms with Gasteiger partial charge in [0.1, 0.15) is 17.9 Å². The fraction of sp³-hybridized carbons (Fsp3) is 0.400. The van der Waals surface area contributed by atoms with Crippen molar-refractivity contribution < 1.29 is 17.9 Å². The van der Waals surface area contributed by atoms with Crippen molar-refractivity contribution in [3.8, 4) is 5.75 Å². The minimum absolute atomic E-state index is 0.144. The lowest BCUT2D eigenvalue weighted by atomic mass is 9.89. The van der Waals surface area contributed by atoms with Crippen molar-refractivity contribution >= 4 is 27.3 Å². The minimum Gasteiger partial charge on any atom is -0.494 e. The number of hydrogen-bond acceptors (Lipinski definition) is 6. The number of fused-ring (bicyclic) bond motifs is 1. The SMILES string of the molecule is CCn1ncnc1[C@H]1CC(=O)Nc2cc(OC)c(NS(C)(=O)=O)cc21. The van der Waals surface area contributed by atoms with E-state index in [4.69, 9.17) is 4.74 Å². The van der Waals surface area contributed by atoms with Gasteiger partial charge in [0.2, 0.25) is 15.9 Å². The van der Waals surface area contributed by atoms with E-state index >= 15 is 0 Å². The Morgan fingerprint density at radius 3 is 2.84 bits per heavy atom. The molecule has 1 aromatic carbocycles. The Bertz CT molecular complexity index is 922. The van der Waals surface area contributed by atoms with Crippen molar-refractivity contribution in [3.05, 3.63) is 29.8 Å². The van der Waals surface area contributed by atoms with Gasteiger partial charge < -0.3 is 10.1 Å². The van der Waals surface area contributed by atoms with E-state index in [9.17, 15) is 13.2 Å². The zero-order valence-electron chi connectivity index (χ0n) is 14.1. The molecule has 0 bridgehead atoms. The molecule has 0 aliphatic carbocycles. The molecule has 0 unspecified atom stereocenters. The lowest BCUT2D eigenvalue weighted by Gasteiger charge is -2.27. The molecule has 1 amide bonds. The molecule has 0 fully saturated rings. The molecule has 2 heterocycles. The van der Waals surface area contributed by atoms with Crippen LogP contribution in [0, 0.1) is 0 Å². The van der Waals surface area contributed by atoms with E-state index in [1.165, 1.54) is 13.4 Å². The summed E-state index contributed by atoms with van der Waals surface area (Å²) in [5.41, 5.74) is 1.64. The fourth-order valence-electron chi connectivity index (χ4n) is 2.96. The first-order chi connectivity index (χ1) is 11.8. The van der Waals surface area contributed by atoms with E-state index in [1.54, 1.807) is 16.8 Å². The Balaban J connectivity index is 2.15. The van der Waals surface area contributed by atoms with Crippen molar-refractivity contribution in [1.82, 2.24) is 14.8 Å². The lowest BCUT2D eigenvalue weighted by Crippen LogP contribution is -2.26. The van der Waals surface area contributed by atoms with Gasteiger partial charge in [-0.1, -0.05) is 0 Å². The summed E-state index contributed by atoms with van der Waals surface area (Å²) in [6, 6.07) is 3.29. The molecule has 1 aliphatic rings. The van der Waals surface area contributed by atoms with E-state index in [1.807, 2.05) is 6.92 Å². The molecule has 10 heteroatoms. The molecule has 0 radical (unpaired) electrons. The highest BCUT2D eigenvalue weighted by molar-refractivity contribution is 7.92. The molecule has 2 aromatic rings. The second kappa shape index (κ2) is 6.36. The largest absolute Gasteiger partial charge is 0.494 e. The van der Waals surface area contributed by atoms with Crippen LogP contribution in [0.4, 0.5) is 11.4 Å². The normalized spacial score (nSPS) is 16.9. The summed E-state index contributed by atoms with van der Waals surface area (Å²) in [5.74, 6) is 0.516. The van der Waals surface area contributed by atoms with Crippen LogP contribution in [-0.4, -0.2) is 42.5 Å². The van der Waals surface area contributed by atoms with Crippen LogP contribution >= 0.6 is 0 Å². The monoisotopic (exact) mass is 365 g/mol. The van der Waals surface area contributed by atoms with E-state index in [-0.39, 0.29) is 18.2 Å². The number of rotatable bonds is 5. The second-order valence-corrected chi connectivity index (χ2v) is 7.50. The van der Waals surface area contributed by atoms with Gasteiger partial charge in [0.25, 0.3) is 0 Å². The maximum Gasteiger partial charge on any atom is 0.229 e. The Kier molecular flexibility index (Phi) is 4.38. The number of ether oxygens (including phenoxy) is 1. The van der Waals surface area contributed by atoms with E-state index < -0.39 is 10.0 Å². The zero-order chi connectivity index (χ0) is 18.2. The summed E-state index contributed by atoms with van der Waals surface area (Å²) in [4.78, 5) is 16.4. The van der Waals surface area contributed by atoms with E-state index in [0.29, 0.717) is 29.5 Å². The van der Waals surface area contributed by atoms with Gasteiger partial charge in [-0.15, -0.1) is 0 Å². The van der Waals surface area contributed by atoms with Crippen LogP contribution in [0.5, 0.6) is 5.75 Å². The number of hydrogen-bond donors (Lipinski definition) is 2. The summed E-state index contributed by atoms with van der Waals surface area (Å²) in [6.07, 6.45) is 2.72. The fourth-order valence-corrected chi connectivity index (χ4v) is 3.51. The molecule has 2 N–H and O–H groups in total. The molecule has 1 aliphatic heterocycles. The van der Waals surface area contributed by atoms with Crippen molar-refractivity contribution in [1.29, 1.82) is 0 Å². The zero-order valence-corrected chi connectivity index (χ0v) is 14.9. The van der Waals surface area contributed by atoms with Crippen LogP contribution in [0.2, 0.25) is 0 Å². The predicted molar refractivity (Wildman–Crippen MR) is 92.2 cm³/mol. The third-order valence-corrected chi connectivity index (χ3v) is 4.55. The van der Waals surface area contributed by atoms with Crippen LogP contribution in [0.15, 0.2) is 18.5 Å². The van der Waals surface area contributed by atoms with Crippen LogP contribution in [0.1, 0.15) is 30.7 Å². The Morgan fingerprint density at radius 1 is 1.44 bits per heavy atom. The number of amides is 1. The highest BCUT2D eigenvalue weighted by Gasteiger charge is 2.31. The standard InChI is InChI=1S/C15H19N5O4S/c1-4-20-15(16-8-17-20)10-6-14(21)18-11-7-13(24-2)12(5-9(10)11)19-25(3,22)23/h5,7-8,10,19H,4,6H2,1-3H3,(H,18,21)/t10-/m0/s1. The Morgan fingerprint density at radius 2 is 2.20 bits per heavy atom. The molecule has 9 nitrogen and oxygen atoms in total. The predicted octanol–water partition coefficient (Wildman–Crippen LogP) is 1.15. The molecular weight excluding hydrogens is 346 g/mol. The van der Waals surface area contributed by atoms with Gasteiger partial charge in [-0.05, 0) is 18.6 Å². The number of carbonyl (C=O) groups is 1. The first-order valence-corrected chi connectivity index (χ1v) is 9.58. The number of nitrogens with zero attached hydrogens (tertiary/aromatic N) is 3. The Hall–Kier alpha value is -2.62. The number of carbonyl (C=O) groups excluding carboxylic acids is 1. The minimum atomic E-state index is -3.48. The highest BCUT2D eigenvalue weighted by atomic mass is 32.2. The summed E-state index contributed by atoms with van der Waals surface area (Å²) in [5, 5.41) is 6.96. The molecule has 3 rings (SSSR count). The molecular formula is C15H19N5O4S. The van der Waals surface area contributed by atoms with Crippen LogP contribution in [-0.2, 0) is 21.4 Å². The van der Waals surface area contributed by atoms with Gasteiger partial charge in [0, 0.05) is 24.7 Å². The molecule has 0 saturated carbocycles. The Labute approximate surface area is 145 Å². The molecule has 1 atom stereocenters.